The van der Waals surface area contributed by atoms with Crippen molar-refractivity contribution in [2.75, 3.05) is 13.7 Å². The quantitative estimate of drug-likeness (QED) is 0.860. The summed E-state index contributed by atoms with van der Waals surface area (Å²) in [4.78, 5) is 28.0. The third kappa shape index (κ3) is 3.71. The molecule has 116 valence electrons. The van der Waals surface area contributed by atoms with Crippen LogP contribution in [0.4, 0.5) is 0 Å². The third-order valence-corrected chi connectivity index (χ3v) is 4.39. The van der Waals surface area contributed by atoms with Gasteiger partial charge in [-0.05, 0) is 18.9 Å². The lowest BCUT2D eigenvalue weighted by Crippen LogP contribution is -2.25. The summed E-state index contributed by atoms with van der Waals surface area (Å²) < 4.78 is 4.97. The van der Waals surface area contributed by atoms with Crippen LogP contribution in [0.2, 0.25) is 0 Å². The Morgan fingerprint density at radius 3 is 2.55 bits per heavy atom. The van der Waals surface area contributed by atoms with Crippen molar-refractivity contribution >= 4 is 23.2 Å². The van der Waals surface area contributed by atoms with Crippen LogP contribution in [-0.2, 0) is 16.0 Å². The van der Waals surface area contributed by atoms with Gasteiger partial charge in [-0.25, -0.2) is 9.78 Å². The molecule has 0 saturated heterocycles. The van der Waals surface area contributed by atoms with Gasteiger partial charge < -0.3 is 10.1 Å². The lowest BCUT2D eigenvalue weighted by Gasteiger charge is -2.01. The molecule has 2 rings (SSSR count). The van der Waals surface area contributed by atoms with Crippen molar-refractivity contribution in [3.8, 4) is 10.6 Å². The molecule has 0 aliphatic rings. The summed E-state index contributed by atoms with van der Waals surface area (Å²) in [6, 6.07) is 8.10. The van der Waals surface area contributed by atoms with Crippen molar-refractivity contribution in [2.24, 2.45) is 0 Å². The smallest absolute Gasteiger partial charge is 0.350 e. The van der Waals surface area contributed by atoms with Crippen LogP contribution in [0, 0.1) is 6.92 Å². The zero-order valence-electron chi connectivity index (χ0n) is 12.8. The highest BCUT2D eigenvalue weighted by Gasteiger charge is 2.18. The highest BCUT2D eigenvalue weighted by Crippen LogP contribution is 2.28. The number of carbonyl (C=O) groups is 2. The highest BCUT2D eigenvalue weighted by molar-refractivity contribution is 7.17. The molecule has 0 aliphatic carbocycles. The lowest BCUT2D eigenvalue weighted by atomic mass is 10.1. The second-order valence-corrected chi connectivity index (χ2v) is 5.73. The van der Waals surface area contributed by atoms with E-state index in [-0.39, 0.29) is 12.5 Å². The predicted molar refractivity (Wildman–Crippen MR) is 86.0 cm³/mol. The van der Waals surface area contributed by atoms with Crippen LogP contribution in [0.5, 0.6) is 0 Å². The van der Waals surface area contributed by atoms with E-state index in [1.807, 2.05) is 12.1 Å². The average molecular weight is 318 g/mol. The van der Waals surface area contributed by atoms with E-state index in [1.54, 1.807) is 6.92 Å². The number of amides is 1. The van der Waals surface area contributed by atoms with Crippen LogP contribution >= 0.6 is 11.3 Å². The molecule has 1 aromatic carbocycles. The van der Waals surface area contributed by atoms with Gasteiger partial charge in [0.05, 0.1) is 5.69 Å². The van der Waals surface area contributed by atoms with Gasteiger partial charge in [0.15, 0.2) is 6.61 Å². The number of hydrogen-bond donors (Lipinski definition) is 1. The summed E-state index contributed by atoms with van der Waals surface area (Å²) in [5.74, 6) is -0.860. The van der Waals surface area contributed by atoms with E-state index in [4.69, 9.17) is 4.74 Å². The fraction of sp³-hybridized carbons (Fsp3) is 0.312. The molecule has 22 heavy (non-hydrogen) atoms. The third-order valence-electron chi connectivity index (χ3n) is 3.20. The molecular formula is C16H18N2O3S. The molecule has 1 amide bonds. The summed E-state index contributed by atoms with van der Waals surface area (Å²) in [6.45, 7) is 3.58. The predicted octanol–water partition coefficient (Wildman–Crippen LogP) is 2.58. The molecule has 0 atom stereocenters. The van der Waals surface area contributed by atoms with Gasteiger partial charge in [0, 0.05) is 12.6 Å². The fourth-order valence-electron chi connectivity index (χ4n) is 1.86. The number of aryl methyl sites for hydroxylation is 2. The van der Waals surface area contributed by atoms with Crippen molar-refractivity contribution < 1.29 is 14.3 Å². The maximum atomic E-state index is 12.0. The zero-order chi connectivity index (χ0) is 16.1. The van der Waals surface area contributed by atoms with Crippen LogP contribution in [0.3, 0.4) is 0 Å². The number of hydrogen-bond acceptors (Lipinski definition) is 5. The largest absolute Gasteiger partial charge is 0.451 e. The van der Waals surface area contributed by atoms with Gasteiger partial charge >= 0.3 is 5.97 Å². The summed E-state index contributed by atoms with van der Waals surface area (Å²) in [6.07, 6.45) is 0.980. The molecule has 2 aromatic rings. The monoisotopic (exact) mass is 318 g/mol. The van der Waals surface area contributed by atoms with Crippen LogP contribution < -0.4 is 5.32 Å². The summed E-state index contributed by atoms with van der Waals surface area (Å²) >= 11 is 1.28. The second kappa shape index (κ2) is 7.17. The standard InChI is InChI=1S/C16H18N2O3S/c1-4-11-5-7-12(8-6-11)15-18-10(2)14(22-15)16(20)21-9-13(19)17-3/h5-8H,4,9H2,1-3H3,(H,17,19). The molecule has 0 saturated carbocycles. The van der Waals surface area contributed by atoms with Gasteiger partial charge in [-0.3, -0.25) is 4.79 Å². The highest BCUT2D eigenvalue weighted by atomic mass is 32.1. The molecule has 1 aromatic heterocycles. The zero-order valence-corrected chi connectivity index (χ0v) is 13.6. The molecular weight excluding hydrogens is 300 g/mol. The molecule has 0 aliphatic heterocycles. The number of benzene rings is 1. The minimum atomic E-state index is -0.518. The molecule has 1 heterocycles. The van der Waals surface area contributed by atoms with Crippen molar-refractivity contribution in [1.29, 1.82) is 0 Å². The maximum Gasteiger partial charge on any atom is 0.350 e. The first-order valence-electron chi connectivity index (χ1n) is 6.99. The number of aromatic nitrogens is 1. The lowest BCUT2D eigenvalue weighted by molar-refractivity contribution is -0.123. The van der Waals surface area contributed by atoms with E-state index in [9.17, 15) is 9.59 Å². The number of rotatable bonds is 5. The number of carbonyl (C=O) groups excluding carboxylic acids is 2. The summed E-state index contributed by atoms with van der Waals surface area (Å²) in [5, 5.41) is 3.17. The SMILES string of the molecule is CCc1ccc(-c2nc(C)c(C(=O)OCC(=O)NC)s2)cc1. The van der Waals surface area contributed by atoms with Gasteiger partial charge in [0.1, 0.15) is 9.88 Å². The number of nitrogens with one attached hydrogen (secondary N) is 1. The van der Waals surface area contributed by atoms with Gasteiger partial charge in [0.25, 0.3) is 5.91 Å². The van der Waals surface area contributed by atoms with Crippen molar-refractivity contribution in [2.45, 2.75) is 20.3 Å². The Bertz CT molecular complexity index is 677. The van der Waals surface area contributed by atoms with E-state index < -0.39 is 5.97 Å². The maximum absolute atomic E-state index is 12.0. The minimum Gasteiger partial charge on any atom is -0.451 e. The second-order valence-electron chi connectivity index (χ2n) is 4.73. The summed E-state index contributed by atoms with van der Waals surface area (Å²) in [5.41, 5.74) is 2.83. The molecule has 1 N–H and O–H groups in total. The molecule has 0 fully saturated rings. The Hall–Kier alpha value is -2.21. The van der Waals surface area contributed by atoms with E-state index in [0.717, 1.165) is 17.0 Å². The van der Waals surface area contributed by atoms with Gasteiger partial charge in [0.2, 0.25) is 0 Å². The molecule has 0 spiro atoms. The molecule has 6 heteroatoms. The summed E-state index contributed by atoms with van der Waals surface area (Å²) in [7, 11) is 1.49. The van der Waals surface area contributed by atoms with Crippen molar-refractivity contribution in [1.82, 2.24) is 10.3 Å². The number of ether oxygens (including phenoxy) is 1. The number of esters is 1. The number of thiazole rings is 1. The Labute approximate surface area is 133 Å². The number of likely N-dealkylation sites (N-methyl/N-ethyl adjacent to an activating group) is 1. The first kappa shape index (κ1) is 16.2. The first-order chi connectivity index (χ1) is 10.5. The van der Waals surface area contributed by atoms with Crippen molar-refractivity contribution in [3.63, 3.8) is 0 Å². The minimum absolute atomic E-state index is 0.285. The number of nitrogens with zero attached hydrogens (tertiary/aromatic N) is 1. The normalized spacial score (nSPS) is 10.3. The van der Waals surface area contributed by atoms with E-state index >= 15 is 0 Å². The Morgan fingerprint density at radius 2 is 1.95 bits per heavy atom. The Balaban J connectivity index is 2.16. The molecule has 0 radical (unpaired) electrons. The Morgan fingerprint density at radius 1 is 1.27 bits per heavy atom. The van der Waals surface area contributed by atoms with Crippen LogP contribution in [0.25, 0.3) is 10.6 Å². The van der Waals surface area contributed by atoms with Crippen LogP contribution in [0.15, 0.2) is 24.3 Å². The van der Waals surface area contributed by atoms with Crippen molar-refractivity contribution in [3.05, 3.63) is 40.4 Å². The van der Waals surface area contributed by atoms with Crippen LogP contribution in [0.1, 0.15) is 27.9 Å². The van der Waals surface area contributed by atoms with E-state index in [2.05, 4.69) is 29.4 Å². The molecule has 0 bridgehead atoms. The van der Waals surface area contributed by atoms with Gasteiger partial charge in [-0.15, -0.1) is 11.3 Å². The van der Waals surface area contributed by atoms with E-state index in [1.165, 1.54) is 23.9 Å². The fourth-order valence-corrected chi connectivity index (χ4v) is 2.83. The average Bonchev–Trinajstić information content (AvgIpc) is 2.94. The van der Waals surface area contributed by atoms with Gasteiger partial charge in [-0.1, -0.05) is 31.2 Å². The first-order valence-corrected chi connectivity index (χ1v) is 7.81. The molecule has 0 unspecified atom stereocenters. The van der Waals surface area contributed by atoms with Crippen LogP contribution in [-0.4, -0.2) is 30.5 Å². The topological polar surface area (TPSA) is 68.3 Å². The Kier molecular flexibility index (Phi) is 5.27. The van der Waals surface area contributed by atoms with Gasteiger partial charge in [-0.2, -0.15) is 0 Å². The molecule has 5 nitrogen and oxygen atoms in total. The van der Waals surface area contributed by atoms with E-state index in [0.29, 0.717) is 10.6 Å².